The van der Waals surface area contributed by atoms with E-state index in [9.17, 15) is 22.8 Å². The first kappa shape index (κ1) is 16.3. The molecule has 1 amide bonds. The van der Waals surface area contributed by atoms with Gasteiger partial charge in [0.25, 0.3) is 0 Å². The zero-order valence-corrected chi connectivity index (χ0v) is 11.6. The number of benzene rings is 1. The predicted molar refractivity (Wildman–Crippen MR) is 70.9 cm³/mol. The largest absolute Gasteiger partial charge is 0.481 e. The molecule has 2 N–H and O–H groups in total. The number of alkyl halides is 3. The minimum atomic E-state index is -4.49. The number of amides is 1. The average Bonchev–Trinajstić information content (AvgIpc) is 2.42. The molecule has 1 fully saturated rings. The van der Waals surface area contributed by atoms with Gasteiger partial charge in [-0.2, -0.15) is 13.2 Å². The number of carbonyl (C=O) groups is 2. The Bertz CT molecular complexity index is 575. The third-order valence-corrected chi connectivity index (χ3v) is 3.51. The van der Waals surface area contributed by atoms with Gasteiger partial charge in [0, 0.05) is 19.6 Å². The second-order valence-corrected chi connectivity index (χ2v) is 5.03. The lowest BCUT2D eigenvalue weighted by molar-refractivity contribution is -0.144. The number of piperazine rings is 1. The third-order valence-electron chi connectivity index (χ3n) is 3.51. The van der Waals surface area contributed by atoms with Crippen molar-refractivity contribution in [2.24, 2.45) is 0 Å². The minimum absolute atomic E-state index is 0.0279. The molecule has 1 atom stereocenters. The Kier molecular flexibility index (Phi) is 4.70. The molecule has 22 heavy (non-hydrogen) atoms. The first-order valence-corrected chi connectivity index (χ1v) is 6.67. The first-order valence-electron chi connectivity index (χ1n) is 6.67. The van der Waals surface area contributed by atoms with Crippen LogP contribution in [0.1, 0.15) is 17.5 Å². The Hall–Kier alpha value is -2.09. The first-order chi connectivity index (χ1) is 10.3. The monoisotopic (exact) mass is 316 g/mol. The number of carboxylic acid groups (broad SMARTS) is 1. The number of hydrogen-bond acceptors (Lipinski definition) is 3. The van der Waals surface area contributed by atoms with Crippen molar-refractivity contribution in [1.29, 1.82) is 0 Å². The van der Waals surface area contributed by atoms with Crippen molar-refractivity contribution in [3.8, 4) is 0 Å². The molecule has 120 valence electrons. The van der Waals surface area contributed by atoms with Crippen molar-refractivity contribution in [2.45, 2.75) is 25.2 Å². The van der Waals surface area contributed by atoms with Crippen LogP contribution >= 0.6 is 0 Å². The summed E-state index contributed by atoms with van der Waals surface area (Å²) in [5.41, 5.74) is -0.741. The van der Waals surface area contributed by atoms with Crippen molar-refractivity contribution < 1.29 is 27.9 Å². The van der Waals surface area contributed by atoms with E-state index in [-0.39, 0.29) is 18.7 Å². The average molecular weight is 316 g/mol. The van der Waals surface area contributed by atoms with E-state index in [1.165, 1.54) is 23.1 Å². The second-order valence-electron chi connectivity index (χ2n) is 5.03. The quantitative estimate of drug-likeness (QED) is 0.883. The molecule has 1 aromatic carbocycles. The molecule has 0 aromatic heterocycles. The van der Waals surface area contributed by atoms with Crippen LogP contribution in [0.4, 0.5) is 13.2 Å². The summed E-state index contributed by atoms with van der Waals surface area (Å²) in [5, 5.41) is 11.4. The van der Waals surface area contributed by atoms with Crippen molar-refractivity contribution in [3.63, 3.8) is 0 Å². The lowest BCUT2D eigenvalue weighted by atomic mass is 10.0. The molecular formula is C14H15F3N2O3. The molecule has 1 aliphatic heterocycles. The van der Waals surface area contributed by atoms with Gasteiger partial charge in [0.15, 0.2) is 0 Å². The van der Waals surface area contributed by atoms with Crippen molar-refractivity contribution in [1.82, 2.24) is 10.2 Å². The van der Waals surface area contributed by atoms with Gasteiger partial charge in [0.2, 0.25) is 5.91 Å². The zero-order valence-electron chi connectivity index (χ0n) is 11.6. The van der Waals surface area contributed by atoms with Crippen LogP contribution in [0.3, 0.4) is 0 Å². The van der Waals surface area contributed by atoms with Gasteiger partial charge in [-0.15, -0.1) is 0 Å². The van der Waals surface area contributed by atoms with Crippen LogP contribution in [0, 0.1) is 0 Å². The molecule has 0 aliphatic carbocycles. The van der Waals surface area contributed by atoms with E-state index in [0.717, 1.165) is 6.07 Å². The van der Waals surface area contributed by atoms with Gasteiger partial charge in [-0.3, -0.25) is 14.5 Å². The van der Waals surface area contributed by atoms with Crippen LogP contribution in [0.2, 0.25) is 0 Å². The van der Waals surface area contributed by atoms with Gasteiger partial charge < -0.3 is 10.4 Å². The lowest BCUT2D eigenvalue weighted by Gasteiger charge is -2.34. The molecule has 1 saturated heterocycles. The number of nitrogens with zero attached hydrogens (tertiary/aromatic N) is 1. The molecule has 0 spiro atoms. The molecular weight excluding hydrogens is 301 g/mol. The van der Waals surface area contributed by atoms with Gasteiger partial charge in [0.1, 0.15) is 6.04 Å². The Morgan fingerprint density at radius 3 is 2.68 bits per heavy atom. The highest BCUT2D eigenvalue weighted by molar-refractivity contribution is 5.86. The SMILES string of the molecule is O=C(O)C[C@H]1C(=O)NCCN1Cc1ccccc1C(F)(F)F. The number of halogens is 3. The van der Waals surface area contributed by atoms with Crippen LogP contribution in [0.25, 0.3) is 0 Å². The third kappa shape index (κ3) is 3.76. The van der Waals surface area contributed by atoms with E-state index in [0.29, 0.717) is 6.54 Å². The lowest BCUT2D eigenvalue weighted by Crippen LogP contribution is -2.55. The highest BCUT2D eigenvalue weighted by Crippen LogP contribution is 2.32. The van der Waals surface area contributed by atoms with Crippen LogP contribution in [0.15, 0.2) is 24.3 Å². The Morgan fingerprint density at radius 2 is 2.05 bits per heavy atom. The molecule has 2 rings (SSSR count). The van der Waals surface area contributed by atoms with E-state index >= 15 is 0 Å². The molecule has 5 nitrogen and oxygen atoms in total. The number of nitrogens with one attached hydrogen (secondary N) is 1. The van der Waals surface area contributed by atoms with Gasteiger partial charge >= 0.3 is 12.1 Å². The van der Waals surface area contributed by atoms with Crippen molar-refractivity contribution >= 4 is 11.9 Å². The normalized spacial score (nSPS) is 19.8. The number of hydrogen-bond donors (Lipinski definition) is 2. The van der Waals surface area contributed by atoms with Crippen LogP contribution in [-0.4, -0.2) is 41.0 Å². The molecule has 1 heterocycles. The fraction of sp³-hybridized carbons (Fsp3) is 0.429. The summed E-state index contributed by atoms with van der Waals surface area (Å²) in [5.74, 6) is -1.64. The number of carbonyl (C=O) groups excluding carboxylic acids is 1. The van der Waals surface area contributed by atoms with Crippen LogP contribution < -0.4 is 5.32 Å². The minimum Gasteiger partial charge on any atom is -0.481 e. The topological polar surface area (TPSA) is 69.6 Å². The smallest absolute Gasteiger partial charge is 0.416 e. The standard InChI is InChI=1S/C14H15F3N2O3/c15-14(16,17)10-4-2-1-3-9(10)8-19-6-5-18-13(22)11(19)7-12(20)21/h1-4,11H,5-8H2,(H,18,22)(H,20,21)/t11-/m0/s1. The molecule has 8 heteroatoms. The molecule has 0 bridgehead atoms. The van der Waals surface area contributed by atoms with Crippen molar-refractivity contribution in [2.75, 3.05) is 13.1 Å². The summed E-state index contributed by atoms with van der Waals surface area (Å²) in [6, 6.07) is 4.14. The highest BCUT2D eigenvalue weighted by Gasteiger charge is 2.36. The maximum atomic E-state index is 13.0. The van der Waals surface area contributed by atoms with E-state index in [1.807, 2.05) is 0 Å². The van der Waals surface area contributed by atoms with Crippen molar-refractivity contribution in [3.05, 3.63) is 35.4 Å². The van der Waals surface area contributed by atoms with E-state index in [2.05, 4.69) is 5.32 Å². The van der Waals surface area contributed by atoms with Crippen LogP contribution in [-0.2, 0) is 22.3 Å². The van der Waals surface area contributed by atoms with E-state index in [4.69, 9.17) is 5.11 Å². The molecule has 0 saturated carbocycles. The maximum absolute atomic E-state index is 13.0. The summed E-state index contributed by atoms with van der Waals surface area (Å²) in [4.78, 5) is 24.1. The Balaban J connectivity index is 2.24. The zero-order chi connectivity index (χ0) is 16.3. The fourth-order valence-corrected chi connectivity index (χ4v) is 2.49. The predicted octanol–water partition coefficient (Wildman–Crippen LogP) is 1.48. The summed E-state index contributed by atoms with van der Waals surface area (Å²) in [6.07, 6.45) is -4.93. The highest BCUT2D eigenvalue weighted by atomic mass is 19.4. The fourth-order valence-electron chi connectivity index (χ4n) is 2.49. The number of rotatable bonds is 4. The van der Waals surface area contributed by atoms with Gasteiger partial charge in [-0.05, 0) is 11.6 Å². The Labute approximate surface area is 124 Å². The summed E-state index contributed by atoms with van der Waals surface area (Å²) >= 11 is 0. The van der Waals surface area contributed by atoms with Crippen LogP contribution in [0.5, 0.6) is 0 Å². The summed E-state index contributed by atoms with van der Waals surface area (Å²) in [7, 11) is 0. The van der Waals surface area contributed by atoms with Gasteiger partial charge in [-0.1, -0.05) is 18.2 Å². The maximum Gasteiger partial charge on any atom is 0.416 e. The van der Waals surface area contributed by atoms with Gasteiger partial charge in [0.05, 0.1) is 12.0 Å². The molecule has 1 aliphatic rings. The molecule has 0 radical (unpaired) electrons. The number of aliphatic carboxylic acids is 1. The number of carboxylic acids is 1. The second kappa shape index (κ2) is 6.35. The summed E-state index contributed by atoms with van der Waals surface area (Å²) in [6.45, 7) is 0.458. The Morgan fingerprint density at radius 1 is 1.36 bits per heavy atom. The van der Waals surface area contributed by atoms with E-state index in [1.54, 1.807) is 0 Å². The molecule has 1 aromatic rings. The van der Waals surface area contributed by atoms with Gasteiger partial charge in [-0.25, -0.2) is 0 Å². The summed E-state index contributed by atoms with van der Waals surface area (Å²) < 4.78 is 39.0. The van der Waals surface area contributed by atoms with E-state index < -0.39 is 36.1 Å². The molecule has 0 unspecified atom stereocenters.